The van der Waals surface area contributed by atoms with Gasteiger partial charge in [-0.05, 0) is 25.3 Å². The van der Waals surface area contributed by atoms with E-state index in [0.29, 0.717) is 12.6 Å². The van der Waals surface area contributed by atoms with Crippen LogP contribution in [0.15, 0.2) is 22.5 Å². The van der Waals surface area contributed by atoms with Crippen LogP contribution in [0.3, 0.4) is 0 Å². The van der Waals surface area contributed by atoms with Crippen molar-refractivity contribution in [3.63, 3.8) is 0 Å². The van der Waals surface area contributed by atoms with Gasteiger partial charge in [-0.1, -0.05) is 6.07 Å². The van der Waals surface area contributed by atoms with Crippen LogP contribution in [0.1, 0.15) is 24.8 Å². The molecule has 1 aromatic heterocycles. The highest BCUT2D eigenvalue weighted by Crippen LogP contribution is 2.25. The van der Waals surface area contributed by atoms with Crippen molar-refractivity contribution in [3.8, 4) is 0 Å². The van der Waals surface area contributed by atoms with Crippen LogP contribution in [0.4, 0.5) is 0 Å². The van der Waals surface area contributed by atoms with Crippen molar-refractivity contribution in [2.24, 2.45) is 4.99 Å². The van der Waals surface area contributed by atoms with Crippen LogP contribution in [0, 0.1) is 0 Å². The van der Waals surface area contributed by atoms with Crippen molar-refractivity contribution in [3.05, 3.63) is 22.4 Å². The van der Waals surface area contributed by atoms with E-state index in [0.717, 1.165) is 38.8 Å². The number of nitrogens with one attached hydrogen (secondary N) is 2. The van der Waals surface area contributed by atoms with Crippen molar-refractivity contribution in [1.82, 2.24) is 15.5 Å². The lowest BCUT2D eigenvalue weighted by Gasteiger charge is -2.34. The molecule has 1 atom stereocenters. The van der Waals surface area contributed by atoms with Gasteiger partial charge in [-0.3, -0.25) is 9.89 Å². The van der Waals surface area contributed by atoms with Gasteiger partial charge in [-0.2, -0.15) is 0 Å². The summed E-state index contributed by atoms with van der Waals surface area (Å²) in [6, 6.07) is 4.65. The predicted octanol–water partition coefficient (Wildman–Crippen LogP) is 1.71. The highest BCUT2D eigenvalue weighted by Gasteiger charge is 2.24. The first kappa shape index (κ1) is 19.2. The third kappa shape index (κ3) is 5.73. The standard InChI is InChI=1S/C17H30N4O2S/c1-17(2,22-4)13-20-16(18-3)19-12-14(15-6-5-11-24-15)21-7-9-23-10-8-21/h5-6,11,14H,7-10,12-13H2,1-4H3,(H2,18,19,20). The molecule has 0 aliphatic carbocycles. The van der Waals surface area contributed by atoms with E-state index in [2.05, 4.69) is 51.9 Å². The Hall–Kier alpha value is -1.15. The Morgan fingerprint density at radius 2 is 2.17 bits per heavy atom. The summed E-state index contributed by atoms with van der Waals surface area (Å²) < 4.78 is 10.9. The van der Waals surface area contributed by atoms with Gasteiger partial charge in [-0.25, -0.2) is 0 Å². The maximum atomic E-state index is 5.49. The molecule has 1 aliphatic rings. The van der Waals surface area contributed by atoms with Crippen molar-refractivity contribution in [2.45, 2.75) is 25.5 Å². The maximum Gasteiger partial charge on any atom is 0.191 e. The number of guanidine groups is 1. The maximum absolute atomic E-state index is 5.49. The largest absolute Gasteiger partial charge is 0.379 e. The fraction of sp³-hybridized carbons (Fsp3) is 0.706. The first-order chi connectivity index (χ1) is 11.6. The van der Waals surface area contributed by atoms with E-state index in [4.69, 9.17) is 9.47 Å². The van der Waals surface area contributed by atoms with Gasteiger partial charge in [0.25, 0.3) is 0 Å². The van der Waals surface area contributed by atoms with Crippen molar-refractivity contribution < 1.29 is 9.47 Å². The lowest BCUT2D eigenvalue weighted by Crippen LogP contribution is -2.48. The smallest absolute Gasteiger partial charge is 0.191 e. The van der Waals surface area contributed by atoms with Crippen LogP contribution in [-0.2, 0) is 9.47 Å². The van der Waals surface area contributed by atoms with Crippen molar-refractivity contribution in [2.75, 3.05) is 53.6 Å². The molecule has 24 heavy (non-hydrogen) atoms. The SMILES string of the molecule is CN=C(NCC(c1cccs1)N1CCOCC1)NCC(C)(C)OC. The van der Waals surface area contributed by atoms with Crippen molar-refractivity contribution >= 4 is 17.3 Å². The number of morpholine rings is 1. The molecule has 1 aromatic rings. The molecular formula is C17H30N4O2S. The van der Waals surface area contributed by atoms with E-state index in [9.17, 15) is 0 Å². The van der Waals surface area contributed by atoms with Gasteiger partial charge in [0.05, 0.1) is 24.9 Å². The molecule has 1 saturated heterocycles. The first-order valence-electron chi connectivity index (χ1n) is 8.40. The van der Waals surface area contributed by atoms with E-state index in [1.54, 1.807) is 25.5 Å². The summed E-state index contributed by atoms with van der Waals surface area (Å²) >= 11 is 1.80. The Labute approximate surface area is 149 Å². The molecular weight excluding hydrogens is 324 g/mol. The second-order valence-corrected chi connectivity index (χ2v) is 7.43. The van der Waals surface area contributed by atoms with Crippen LogP contribution in [0.2, 0.25) is 0 Å². The van der Waals surface area contributed by atoms with Crippen LogP contribution < -0.4 is 10.6 Å². The number of hydrogen-bond donors (Lipinski definition) is 2. The Kier molecular flexibility index (Phi) is 7.48. The zero-order chi connectivity index (χ0) is 17.4. The number of hydrogen-bond acceptors (Lipinski definition) is 5. The van der Waals surface area contributed by atoms with Gasteiger partial charge >= 0.3 is 0 Å². The highest BCUT2D eigenvalue weighted by atomic mass is 32.1. The predicted molar refractivity (Wildman–Crippen MR) is 99.9 cm³/mol. The van der Waals surface area contributed by atoms with E-state index in [-0.39, 0.29) is 5.60 Å². The van der Waals surface area contributed by atoms with Crippen LogP contribution in [0.25, 0.3) is 0 Å². The molecule has 0 amide bonds. The fourth-order valence-electron chi connectivity index (χ4n) is 2.56. The zero-order valence-electron chi connectivity index (χ0n) is 15.2. The summed E-state index contributed by atoms with van der Waals surface area (Å²) in [7, 11) is 3.52. The van der Waals surface area contributed by atoms with Gasteiger partial charge in [0, 0.05) is 45.2 Å². The minimum atomic E-state index is -0.227. The number of ether oxygens (including phenoxy) is 2. The lowest BCUT2D eigenvalue weighted by molar-refractivity contribution is 0.0174. The topological polar surface area (TPSA) is 58.1 Å². The zero-order valence-corrected chi connectivity index (χ0v) is 16.0. The molecule has 136 valence electrons. The Morgan fingerprint density at radius 1 is 1.42 bits per heavy atom. The van der Waals surface area contributed by atoms with Gasteiger partial charge in [-0.15, -0.1) is 11.3 Å². The van der Waals surface area contributed by atoms with Crippen molar-refractivity contribution in [1.29, 1.82) is 0 Å². The monoisotopic (exact) mass is 354 g/mol. The molecule has 2 heterocycles. The van der Waals surface area contributed by atoms with Crippen LogP contribution in [0.5, 0.6) is 0 Å². The third-order valence-corrected chi connectivity index (χ3v) is 5.25. The summed E-state index contributed by atoms with van der Waals surface area (Å²) in [5.74, 6) is 0.801. The number of thiophene rings is 1. The second-order valence-electron chi connectivity index (χ2n) is 6.45. The average Bonchev–Trinajstić information content (AvgIpc) is 3.13. The lowest BCUT2D eigenvalue weighted by atomic mass is 10.1. The summed E-state index contributed by atoms with van der Waals surface area (Å²) in [4.78, 5) is 8.18. The Bertz CT molecular complexity index is 499. The quantitative estimate of drug-likeness (QED) is 0.577. The summed E-state index contributed by atoms with van der Waals surface area (Å²) in [6.45, 7) is 9.15. The summed E-state index contributed by atoms with van der Waals surface area (Å²) in [5.41, 5.74) is -0.227. The van der Waals surface area contributed by atoms with Gasteiger partial charge in [0.1, 0.15) is 0 Å². The number of aliphatic imine (C=N–C) groups is 1. The number of methoxy groups -OCH3 is 1. The molecule has 0 aromatic carbocycles. The molecule has 0 saturated carbocycles. The molecule has 1 fully saturated rings. The summed E-state index contributed by atoms with van der Waals surface area (Å²) in [5, 5.41) is 8.93. The van der Waals surface area contributed by atoms with E-state index in [1.165, 1.54) is 4.88 Å². The molecule has 0 radical (unpaired) electrons. The van der Waals surface area contributed by atoms with E-state index in [1.807, 2.05) is 0 Å². The highest BCUT2D eigenvalue weighted by molar-refractivity contribution is 7.10. The van der Waals surface area contributed by atoms with Crippen LogP contribution >= 0.6 is 11.3 Å². The van der Waals surface area contributed by atoms with Gasteiger partial charge < -0.3 is 20.1 Å². The Morgan fingerprint density at radius 3 is 2.75 bits per heavy atom. The first-order valence-corrected chi connectivity index (χ1v) is 9.28. The molecule has 1 aliphatic heterocycles. The molecule has 7 heteroatoms. The normalized spacial score (nSPS) is 18.4. The van der Waals surface area contributed by atoms with Gasteiger partial charge in [0.2, 0.25) is 0 Å². The number of rotatable bonds is 7. The van der Waals surface area contributed by atoms with E-state index < -0.39 is 0 Å². The molecule has 1 unspecified atom stereocenters. The average molecular weight is 355 g/mol. The minimum absolute atomic E-state index is 0.227. The third-order valence-electron chi connectivity index (χ3n) is 4.28. The molecule has 2 rings (SSSR count). The Balaban J connectivity index is 1.93. The second kappa shape index (κ2) is 9.36. The molecule has 0 bridgehead atoms. The molecule has 0 spiro atoms. The van der Waals surface area contributed by atoms with Gasteiger partial charge in [0.15, 0.2) is 5.96 Å². The van der Waals surface area contributed by atoms with Crippen LogP contribution in [-0.4, -0.2) is 70.0 Å². The minimum Gasteiger partial charge on any atom is -0.379 e. The summed E-state index contributed by atoms with van der Waals surface area (Å²) in [6.07, 6.45) is 0. The molecule has 2 N–H and O–H groups in total. The number of nitrogens with zero attached hydrogens (tertiary/aromatic N) is 2. The fourth-order valence-corrected chi connectivity index (χ4v) is 3.42. The molecule has 6 nitrogen and oxygen atoms in total. The van der Waals surface area contributed by atoms with E-state index >= 15 is 0 Å².